The van der Waals surface area contributed by atoms with Crippen molar-refractivity contribution in [1.29, 1.82) is 0 Å². The number of amides is 2. The van der Waals surface area contributed by atoms with Crippen molar-refractivity contribution in [2.75, 3.05) is 36.4 Å². The van der Waals surface area contributed by atoms with Crippen LogP contribution < -0.4 is 15.5 Å². The van der Waals surface area contributed by atoms with Gasteiger partial charge in [-0.2, -0.15) is 0 Å². The zero-order chi connectivity index (χ0) is 23.4. The van der Waals surface area contributed by atoms with Gasteiger partial charge in [0.15, 0.2) is 10.9 Å². The third kappa shape index (κ3) is 5.73. The number of carbonyl (C=O) groups is 2. The van der Waals surface area contributed by atoms with Crippen LogP contribution in [-0.4, -0.2) is 48.0 Å². The lowest BCUT2D eigenvalue weighted by Crippen LogP contribution is -2.48. The SMILES string of the molecule is O=C(NC(=S)Nc1ccc(N2CCN(C(=O)c3ccco3)CC2)c(Cl)c1)c1ccc(Br)cc1. The smallest absolute Gasteiger partial charge is 0.289 e. The predicted octanol–water partition coefficient (Wildman–Crippen LogP) is 4.78. The van der Waals surface area contributed by atoms with Gasteiger partial charge in [-0.05, 0) is 66.8 Å². The maximum Gasteiger partial charge on any atom is 0.289 e. The molecular formula is C23H20BrClN4O3S. The summed E-state index contributed by atoms with van der Waals surface area (Å²) in [4.78, 5) is 28.6. The fourth-order valence-electron chi connectivity index (χ4n) is 3.49. The number of furan rings is 1. The molecule has 0 unspecified atom stereocenters. The van der Waals surface area contributed by atoms with Crippen molar-refractivity contribution in [2.24, 2.45) is 0 Å². The zero-order valence-corrected chi connectivity index (χ0v) is 20.5. The first-order valence-electron chi connectivity index (χ1n) is 10.2. The lowest BCUT2D eigenvalue weighted by atomic mass is 10.2. The van der Waals surface area contributed by atoms with E-state index in [1.807, 2.05) is 12.1 Å². The fourth-order valence-corrected chi connectivity index (χ4v) is 4.26. The normalized spacial score (nSPS) is 13.5. The van der Waals surface area contributed by atoms with Crippen LogP contribution in [-0.2, 0) is 0 Å². The Morgan fingerprint density at radius 2 is 1.76 bits per heavy atom. The summed E-state index contributed by atoms with van der Waals surface area (Å²) >= 11 is 15.1. The topological polar surface area (TPSA) is 77.8 Å². The Morgan fingerprint density at radius 1 is 1.03 bits per heavy atom. The van der Waals surface area contributed by atoms with E-state index >= 15 is 0 Å². The summed E-state index contributed by atoms with van der Waals surface area (Å²) in [6.07, 6.45) is 1.50. The first kappa shape index (κ1) is 23.3. The van der Waals surface area contributed by atoms with Gasteiger partial charge in [-0.15, -0.1) is 0 Å². The Morgan fingerprint density at radius 3 is 2.39 bits per heavy atom. The Hall–Kier alpha value is -2.88. The van der Waals surface area contributed by atoms with Crippen LogP contribution in [0, 0.1) is 0 Å². The van der Waals surface area contributed by atoms with Crippen molar-refractivity contribution in [3.05, 3.63) is 81.7 Å². The van der Waals surface area contributed by atoms with Gasteiger partial charge >= 0.3 is 0 Å². The molecule has 1 aromatic heterocycles. The molecule has 0 saturated carbocycles. The predicted molar refractivity (Wildman–Crippen MR) is 136 cm³/mol. The summed E-state index contributed by atoms with van der Waals surface area (Å²) in [5, 5.41) is 6.37. The summed E-state index contributed by atoms with van der Waals surface area (Å²) in [5.41, 5.74) is 2.04. The van der Waals surface area contributed by atoms with E-state index in [1.165, 1.54) is 6.26 Å². The van der Waals surface area contributed by atoms with Crippen molar-refractivity contribution >= 4 is 68.1 Å². The maximum atomic E-state index is 12.4. The van der Waals surface area contributed by atoms with Crippen molar-refractivity contribution in [1.82, 2.24) is 10.2 Å². The molecular weight excluding hydrogens is 528 g/mol. The largest absolute Gasteiger partial charge is 0.459 e. The van der Waals surface area contributed by atoms with E-state index in [0.717, 1.165) is 10.2 Å². The van der Waals surface area contributed by atoms with Gasteiger partial charge < -0.3 is 19.5 Å². The molecule has 2 aromatic carbocycles. The second kappa shape index (κ2) is 10.4. The summed E-state index contributed by atoms with van der Waals surface area (Å²) in [6, 6.07) is 15.9. The number of hydrogen-bond donors (Lipinski definition) is 2. The van der Waals surface area contributed by atoms with Crippen LogP contribution in [0.1, 0.15) is 20.9 Å². The van der Waals surface area contributed by atoms with Crippen LogP contribution in [0.5, 0.6) is 0 Å². The Balaban J connectivity index is 1.32. The van der Waals surface area contributed by atoms with E-state index in [-0.39, 0.29) is 16.9 Å². The van der Waals surface area contributed by atoms with Crippen LogP contribution in [0.4, 0.5) is 11.4 Å². The van der Waals surface area contributed by atoms with Crippen molar-refractivity contribution < 1.29 is 14.0 Å². The van der Waals surface area contributed by atoms with Gasteiger partial charge in [-0.1, -0.05) is 27.5 Å². The van der Waals surface area contributed by atoms with Gasteiger partial charge in [0.2, 0.25) is 0 Å². The van der Waals surface area contributed by atoms with Crippen molar-refractivity contribution in [3.63, 3.8) is 0 Å². The number of piperazine rings is 1. The Labute approximate surface area is 209 Å². The average molecular weight is 548 g/mol. The molecule has 2 heterocycles. The molecule has 0 bridgehead atoms. The van der Waals surface area contributed by atoms with Crippen LogP contribution in [0.15, 0.2) is 69.8 Å². The minimum absolute atomic E-state index is 0.107. The molecule has 0 aliphatic carbocycles. The quantitative estimate of drug-likeness (QED) is 0.458. The molecule has 2 amide bonds. The number of anilines is 2. The highest BCUT2D eigenvalue weighted by molar-refractivity contribution is 9.10. The van der Waals surface area contributed by atoms with Crippen LogP contribution in [0.2, 0.25) is 5.02 Å². The number of rotatable bonds is 4. The number of thiocarbonyl (C=S) groups is 1. The molecule has 33 heavy (non-hydrogen) atoms. The molecule has 1 aliphatic heterocycles. The molecule has 0 atom stereocenters. The van der Waals surface area contributed by atoms with E-state index in [9.17, 15) is 9.59 Å². The highest BCUT2D eigenvalue weighted by atomic mass is 79.9. The second-order valence-corrected chi connectivity index (χ2v) is 9.07. The van der Waals surface area contributed by atoms with Crippen LogP contribution >= 0.6 is 39.7 Å². The first-order chi connectivity index (χ1) is 15.9. The van der Waals surface area contributed by atoms with Crippen molar-refractivity contribution in [3.8, 4) is 0 Å². The van der Waals surface area contributed by atoms with E-state index in [4.69, 9.17) is 28.2 Å². The standard InChI is InChI=1S/C23H20BrClN4O3S/c24-16-5-3-15(4-6-16)21(30)27-23(33)26-17-7-8-19(18(25)14-17)28-9-11-29(12-10-28)22(31)20-2-1-13-32-20/h1-8,13-14H,9-12H2,(H2,26,27,30,33). The molecule has 2 N–H and O–H groups in total. The summed E-state index contributed by atoms with van der Waals surface area (Å²) in [5.74, 6) is -0.0613. The van der Waals surface area contributed by atoms with Gasteiger partial charge in [0.25, 0.3) is 11.8 Å². The number of halogens is 2. The summed E-state index contributed by atoms with van der Waals surface area (Å²) < 4.78 is 6.10. The second-order valence-electron chi connectivity index (χ2n) is 7.34. The molecule has 4 rings (SSSR count). The zero-order valence-electron chi connectivity index (χ0n) is 17.4. The molecule has 1 fully saturated rings. The molecule has 3 aromatic rings. The van der Waals surface area contributed by atoms with Gasteiger partial charge in [0.05, 0.1) is 17.0 Å². The molecule has 7 nitrogen and oxygen atoms in total. The van der Waals surface area contributed by atoms with Crippen molar-refractivity contribution in [2.45, 2.75) is 0 Å². The number of carbonyl (C=O) groups excluding carboxylic acids is 2. The van der Waals surface area contributed by atoms with E-state index in [2.05, 4.69) is 31.5 Å². The third-order valence-electron chi connectivity index (χ3n) is 5.18. The van der Waals surface area contributed by atoms with Crippen LogP contribution in [0.25, 0.3) is 0 Å². The molecule has 0 spiro atoms. The molecule has 1 aliphatic rings. The number of nitrogens with one attached hydrogen (secondary N) is 2. The Kier molecular flexibility index (Phi) is 7.32. The van der Waals surface area contributed by atoms with Gasteiger partial charge in [-0.25, -0.2) is 0 Å². The Bertz CT molecular complexity index is 1160. The minimum atomic E-state index is -0.301. The molecule has 1 saturated heterocycles. The lowest BCUT2D eigenvalue weighted by Gasteiger charge is -2.36. The molecule has 10 heteroatoms. The van der Waals surface area contributed by atoms with Gasteiger partial charge in [-0.3, -0.25) is 14.9 Å². The third-order valence-corrected chi connectivity index (χ3v) is 6.21. The summed E-state index contributed by atoms with van der Waals surface area (Å²) in [6.45, 7) is 2.45. The highest BCUT2D eigenvalue weighted by Crippen LogP contribution is 2.30. The van der Waals surface area contributed by atoms with Gasteiger partial charge in [0, 0.05) is 41.9 Å². The fraction of sp³-hybridized carbons (Fsp3) is 0.174. The van der Waals surface area contributed by atoms with E-state index < -0.39 is 0 Å². The lowest BCUT2D eigenvalue weighted by molar-refractivity contribution is 0.0714. The van der Waals surface area contributed by atoms with E-state index in [1.54, 1.807) is 47.4 Å². The minimum Gasteiger partial charge on any atom is -0.459 e. The number of hydrogen-bond acceptors (Lipinski definition) is 5. The number of benzene rings is 2. The highest BCUT2D eigenvalue weighted by Gasteiger charge is 2.24. The van der Waals surface area contributed by atoms with Gasteiger partial charge in [0.1, 0.15) is 0 Å². The van der Waals surface area contributed by atoms with E-state index in [0.29, 0.717) is 48.2 Å². The van der Waals surface area contributed by atoms with Crippen LogP contribution in [0.3, 0.4) is 0 Å². The summed E-state index contributed by atoms with van der Waals surface area (Å²) in [7, 11) is 0. The average Bonchev–Trinajstić information content (AvgIpc) is 3.34. The molecule has 170 valence electrons. The monoisotopic (exact) mass is 546 g/mol. The molecule has 0 radical (unpaired) electrons. The first-order valence-corrected chi connectivity index (χ1v) is 11.7. The number of nitrogens with zero attached hydrogens (tertiary/aromatic N) is 2. The maximum absolute atomic E-state index is 12.4.